The summed E-state index contributed by atoms with van der Waals surface area (Å²) < 4.78 is 26.7. The molecule has 0 aliphatic rings. The van der Waals surface area contributed by atoms with Crippen LogP contribution in [0.1, 0.15) is 0 Å². The van der Waals surface area contributed by atoms with Crippen molar-refractivity contribution in [2.45, 2.75) is 0 Å². The Morgan fingerprint density at radius 1 is 1.12 bits per heavy atom. The molecule has 2 aromatic carbocycles. The first-order valence-electron chi connectivity index (χ1n) is 6.47. The average Bonchev–Trinajstić information content (AvgIpc) is 2.45. The van der Waals surface area contributed by atoms with E-state index in [1.165, 1.54) is 0 Å². The van der Waals surface area contributed by atoms with Crippen LogP contribution in [0.15, 0.2) is 35.1 Å². The second-order valence-corrected chi connectivity index (χ2v) is 5.35. The summed E-state index contributed by atoms with van der Waals surface area (Å²) >= 11 is 5.76. The van der Waals surface area contributed by atoms with Crippen molar-refractivity contribution in [3.05, 3.63) is 67.5 Å². The van der Waals surface area contributed by atoms with Gasteiger partial charge in [0.1, 0.15) is 22.4 Å². The van der Waals surface area contributed by atoms with Crippen LogP contribution in [0.4, 0.5) is 14.5 Å². The Balaban J connectivity index is 2.39. The molecular weight excluding hydrogens is 346 g/mol. The molecule has 3 rings (SSSR count). The van der Waals surface area contributed by atoms with Gasteiger partial charge in [-0.15, -0.1) is 0 Å². The topological polar surface area (TPSA) is 96.2 Å². The Bertz CT molecular complexity index is 1050. The summed E-state index contributed by atoms with van der Waals surface area (Å²) in [5.41, 5.74) is -1.87. The van der Waals surface area contributed by atoms with Gasteiger partial charge < -0.3 is 10.1 Å². The van der Waals surface area contributed by atoms with Crippen LogP contribution in [0, 0.1) is 21.7 Å². The highest BCUT2D eigenvalue weighted by Gasteiger charge is 2.20. The molecule has 0 radical (unpaired) electrons. The number of pyridine rings is 1. The molecule has 122 valence electrons. The van der Waals surface area contributed by atoms with Crippen LogP contribution in [-0.4, -0.2) is 15.0 Å². The molecule has 0 unspecified atom stereocenters. The van der Waals surface area contributed by atoms with Crippen molar-refractivity contribution in [1.29, 1.82) is 0 Å². The van der Waals surface area contributed by atoms with Crippen LogP contribution < -0.4 is 5.56 Å². The zero-order chi connectivity index (χ0) is 17.6. The molecule has 0 amide bonds. The number of aromatic nitrogens is 1. The Hall–Kier alpha value is -3.00. The molecule has 1 heterocycles. The quantitative estimate of drug-likeness (QED) is 0.542. The van der Waals surface area contributed by atoms with Crippen LogP contribution in [0.25, 0.3) is 22.0 Å². The van der Waals surface area contributed by atoms with Crippen LogP contribution in [-0.2, 0) is 0 Å². The second kappa shape index (κ2) is 5.57. The SMILES string of the molecule is O=c1[nH]c2cc(Cl)c([N+](=O)[O-])cc2c(O)c1-c1cc(F)cc(F)c1. The minimum absolute atomic E-state index is 0.0497. The third-order valence-corrected chi connectivity index (χ3v) is 3.70. The number of hydrogen-bond acceptors (Lipinski definition) is 4. The zero-order valence-electron chi connectivity index (χ0n) is 11.6. The Morgan fingerprint density at radius 3 is 2.33 bits per heavy atom. The summed E-state index contributed by atoms with van der Waals surface area (Å²) in [5, 5.41) is 21.0. The van der Waals surface area contributed by atoms with Gasteiger partial charge in [0, 0.05) is 17.5 Å². The molecule has 24 heavy (non-hydrogen) atoms. The summed E-state index contributed by atoms with van der Waals surface area (Å²) in [7, 11) is 0. The molecule has 0 bridgehead atoms. The molecule has 0 aliphatic heterocycles. The fourth-order valence-corrected chi connectivity index (χ4v) is 2.63. The molecule has 0 saturated heterocycles. The van der Waals surface area contributed by atoms with Gasteiger partial charge >= 0.3 is 0 Å². The molecule has 0 saturated carbocycles. The summed E-state index contributed by atoms with van der Waals surface area (Å²) in [5.74, 6) is -2.52. The van der Waals surface area contributed by atoms with Gasteiger partial charge in [0.2, 0.25) is 0 Å². The van der Waals surface area contributed by atoms with E-state index in [-0.39, 0.29) is 21.5 Å². The molecule has 0 spiro atoms. The van der Waals surface area contributed by atoms with Gasteiger partial charge in [-0.05, 0) is 23.8 Å². The zero-order valence-corrected chi connectivity index (χ0v) is 12.4. The van der Waals surface area contributed by atoms with Crippen molar-refractivity contribution >= 4 is 28.2 Å². The molecule has 0 aliphatic carbocycles. The first kappa shape index (κ1) is 15.9. The number of nitrogens with one attached hydrogen (secondary N) is 1. The molecule has 3 aromatic rings. The number of nitro benzene ring substituents is 1. The van der Waals surface area contributed by atoms with Crippen molar-refractivity contribution in [3.63, 3.8) is 0 Å². The third kappa shape index (κ3) is 2.56. The summed E-state index contributed by atoms with van der Waals surface area (Å²) in [6.45, 7) is 0. The van der Waals surface area contributed by atoms with Crippen molar-refractivity contribution in [3.8, 4) is 16.9 Å². The minimum Gasteiger partial charge on any atom is -0.506 e. The molecule has 0 atom stereocenters. The lowest BCUT2D eigenvalue weighted by Crippen LogP contribution is -2.10. The van der Waals surface area contributed by atoms with Crippen molar-refractivity contribution in [2.24, 2.45) is 0 Å². The highest BCUT2D eigenvalue weighted by Crippen LogP contribution is 2.37. The molecule has 2 N–H and O–H groups in total. The lowest BCUT2D eigenvalue weighted by molar-refractivity contribution is -0.384. The van der Waals surface area contributed by atoms with Crippen LogP contribution >= 0.6 is 11.6 Å². The van der Waals surface area contributed by atoms with E-state index < -0.39 is 39.1 Å². The van der Waals surface area contributed by atoms with E-state index in [2.05, 4.69) is 4.98 Å². The maximum absolute atomic E-state index is 13.4. The number of aromatic amines is 1. The molecular formula is C15H7ClF2N2O4. The predicted molar refractivity (Wildman–Crippen MR) is 83.2 cm³/mol. The number of rotatable bonds is 2. The number of hydrogen-bond donors (Lipinski definition) is 2. The van der Waals surface area contributed by atoms with E-state index >= 15 is 0 Å². The summed E-state index contributed by atoms with van der Waals surface area (Å²) in [4.78, 5) is 24.7. The fraction of sp³-hybridized carbons (Fsp3) is 0. The number of aromatic hydroxyl groups is 1. The Labute approximate surface area is 137 Å². The van der Waals surface area contributed by atoms with Crippen LogP contribution in [0.2, 0.25) is 5.02 Å². The van der Waals surface area contributed by atoms with E-state index in [1.807, 2.05) is 0 Å². The van der Waals surface area contributed by atoms with E-state index in [0.717, 1.165) is 24.3 Å². The Morgan fingerprint density at radius 2 is 1.75 bits per heavy atom. The molecule has 6 nitrogen and oxygen atoms in total. The number of nitrogens with zero attached hydrogens (tertiary/aromatic N) is 1. The third-order valence-electron chi connectivity index (χ3n) is 3.40. The maximum atomic E-state index is 13.4. The standard InChI is InChI=1S/C15H7ClF2N2O4/c16-10-5-11-9(4-12(10)20(23)24)14(21)13(15(22)19-11)6-1-7(17)3-8(18)2-6/h1-5H,(H2,19,21,22). The van der Waals surface area contributed by atoms with Gasteiger partial charge in [0.15, 0.2) is 0 Å². The van der Waals surface area contributed by atoms with Gasteiger partial charge in [0.25, 0.3) is 11.2 Å². The number of nitro groups is 1. The first-order chi connectivity index (χ1) is 11.3. The van der Waals surface area contributed by atoms with E-state index in [0.29, 0.717) is 6.07 Å². The monoisotopic (exact) mass is 352 g/mol. The fourth-order valence-electron chi connectivity index (χ4n) is 2.39. The van der Waals surface area contributed by atoms with E-state index in [1.54, 1.807) is 0 Å². The lowest BCUT2D eigenvalue weighted by atomic mass is 10.0. The highest BCUT2D eigenvalue weighted by atomic mass is 35.5. The van der Waals surface area contributed by atoms with Gasteiger partial charge in [-0.25, -0.2) is 8.78 Å². The highest BCUT2D eigenvalue weighted by molar-refractivity contribution is 6.33. The second-order valence-electron chi connectivity index (χ2n) is 4.94. The van der Waals surface area contributed by atoms with Crippen molar-refractivity contribution in [2.75, 3.05) is 0 Å². The normalized spacial score (nSPS) is 11.0. The minimum atomic E-state index is -0.939. The van der Waals surface area contributed by atoms with Gasteiger partial charge in [0.05, 0.1) is 16.0 Å². The van der Waals surface area contributed by atoms with Crippen molar-refractivity contribution < 1.29 is 18.8 Å². The number of fused-ring (bicyclic) bond motifs is 1. The number of halogens is 3. The average molecular weight is 353 g/mol. The maximum Gasteiger partial charge on any atom is 0.288 e. The Kier molecular flexibility index (Phi) is 3.69. The first-order valence-corrected chi connectivity index (χ1v) is 6.85. The summed E-state index contributed by atoms with van der Waals surface area (Å²) in [6, 6.07) is 4.43. The number of benzene rings is 2. The van der Waals surface area contributed by atoms with Crippen molar-refractivity contribution in [1.82, 2.24) is 4.98 Å². The van der Waals surface area contributed by atoms with Gasteiger partial charge in [-0.3, -0.25) is 14.9 Å². The molecule has 0 fully saturated rings. The van der Waals surface area contributed by atoms with E-state index in [4.69, 9.17) is 11.6 Å². The van der Waals surface area contributed by atoms with Gasteiger partial charge in [-0.1, -0.05) is 11.6 Å². The number of H-pyrrole nitrogens is 1. The van der Waals surface area contributed by atoms with E-state index in [9.17, 15) is 28.8 Å². The van der Waals surface area contributed by atoms with Crippen LogP contribution in [0.5, 0.6) is 5.75 Å². The largest absolute Gasteiger partial charge is 0.506 e. The summed E-state index contributed by atoms with van der Waals surface area (Å²) in [6.07, 6.45) is 0. The molecule has 9 heteroatoms. The van der Waals surface area contributed by atoms with Gasteiger partial charge in [-0.2, -0.15) is 0 Å². The predicted octanol–water partition coefficient (Wildman–Crippen LogP) is 3.74. The smallest absolute Gasteiger partial charge is 0.288 e. The molecule has 1 aromatic heterocycles. The van der Waals surface area contributed by atoms with Crippen LogP contribution in [0.3, 0.4) is 0 Å². The lowest BCUT2D eigenvalue weighted by Gasteiger charge is -2.08.